The number of carbonyl (C=O) groups is 2. The maximum Gasteiger partial charge on any atom is 0.291 e. The first-order valence-corrected chi connectivity index (χ1v) is 9.22. The van der Waals surface area contributed by atoms with Crippen molar-refractivity contribution in [1.82, 2.24) is 20.5 Å². The van der Waals surface area contributed by atoms with Crippen molar-refractivity contribution in [3.8, 4) is 6.07 Å². The Morgan fingerprint density at radius 2 is 2.07 bits per heavy atom. The minimum atomic E-state index is -0.712. The molecule has 0 spiro atoms. The van der Waals surface area contributed by atoms with Gasteiger partial charge in [-0.3, -0.25) is 14.7 Å². The van der Waals surface area contributed by atoms with Gasteiger partial charge in [0.05, 0.1) is 11.6 Å². The van der Waals surface area contributed by atoms with Crippen LogP contribution in [0.5, 0.6) is 0 Å². The van der Waals surface area contributed by atoms with E-state index in [4.69, 9.17) is 5.26 Å². The molecule has 4 rings (SSSR count). The molecule has 3 aromatic rings. The standard InChI is InChI=1S/C21H18N6O2/c22-12-14-6-8-16-15(10-14)7-9-17(20(28)23-16)24-21(29)19-25-18(26-27-19)11-13-4-2-1-3-5-13/h1-6,8,10,17H,7,9,11H2,(H,23,28)(H,24,29)(H,25,26,27)/t17-/m0/s1. The van der Waals surface area contributed by atoms with Gasteiger partial charge >= 0.3 is 0 Å². The third-order valence-corrected chi connectivity index (χ3v) is 4.77. The fourth-order valence-electron chi connectivity index (χ4n) is 3.27. The van der Waals surface area contributed by atoms with Crippen LogP contribution in [0, 0.1) is 11.3 Å². The Labute approximate surface area is 167 Å². The van der Waals surface area contributed by atoms with Crippen LogP contribution in [0.25, 0.3) is 0 Å². The summed E-state index contributed by atoms with van der Waals surface area (Å²) < 4.78 is 0. The second kappa shape index (κ2) is 7.94. The number of aryl methyl sites for hydroxylation is 1. The van der Waals surface area contributed by atoms with Crippen LogP contribution in [-0.4, -0.2) is 33.0 Å². The highest BCUT2D eigenvalue weighted by molar-refractivity contribution is 6.00. The normalized spacial score (nSPS) is 15.6. The van der Waals surface area contributed by atoms with E-state index in [1.807, 2.05) is 30.3 Å². The van der Waals surface area contributed by atoms with Gasteiger partial charge in [0, 0.05) is 12.1 Å². The third-order valence-electron chi connectivity index (χ3n) is 4.77. The number of nitrogens with one attached hydrogen (secondary N) is 3. The van der Waals surface area contributed by atoms with Crippen LogP contribution in [0.4, 0.5) is 5.69 Å². The molecule has 0 bridgehead atoms. The molecule has 2 amide bonds. The van der Waals surface area contributed by atoms with Crippen molar-refractivity contribution in [3.63, 3.8) is 0 Å². The number of aromatic nitrogens is 3. The lowest BCUT2D eigenvalue weighted by Gasteiger charge is -2.13. The highest BCUT2D eigenvalue weighted by Gasteiger charge is 2.27. The molecule has 29 heavy (non-hydrogen) atoms. The fraction of sp³-hybridized carbons (Fsp3) is 0.190. The largest absolute Gasteiger partial charge is 0.337 e. The zero-order valence-corrected chi connectivity index (χ0v) is 15.5. The Kier molecular flexibility index (Phi) is 5.03. The maximum absolute atomic E-state index is 12.5. The zero-order chi connectivity index (χ0) is 20.2. The number of amides is 2. The minimum Gasteiger partial charge on any atom is -0.337 e. The molecule has 2 aromatic carbocycles. The quantitative estimate of drug-likeness (QED) is 0.632. The van der Waals surface area contributed by atoms with Gasteiger partial charge < -0.3 is 10.6 Å². The summed E-state index contributed by atoms with van der Waals surface area (Å²) in [4.78, 5) is 29.3. The van der Waals surface area contributed by atoms with E-state index in [1.165, 1.54) is 0 Å². The average molecular weight is 386 g/mol. The van der Waals surface area contributed by atoms with E-state index in [0.29, 0.717) is 36.3 Å². The average Bonchev–Trinajstić information content (AvgIpc) is 3.14. The second-order valence-electron chi connectivity index (χ2n) is 6.81. The third kappa shape index (κ3) is 4.14. The number of rotatable bonds is 4. The van der Waals surface area contributed by atoms with E-state index < -0.39 is 11.9 Å². The van der Waals surface area contributed by atoms with Crippen LogP contribution in [0.2, 0.25) is 0 Å². The Hall–Kier alpha value is -3.99. The molecule has 2 heterocycles. The monoisotopic (exact) mass is 386 g/mol. The van der Waals surface area contributed by atoms with E-state index >= 15 is 0 Å². The van der Waals surface area contributed by atoms with Gasteiger partial charge in [-0.15, -0.1) is 5.10 Å². The summed E-state index contributed by atoms with van der Waals surface area (Å²) in [7, 11) is 0. The Bertz CT molecular complexity index is 1100. The van der Waals surface area contributed by atoms with Gasteiger partial charge in [-0.1, -0.05) is 30.3 Å². The maximum atomic E-state index is 12.5. The Balaban J connectivity index is 1.42. The summed E-state index contributed by atoms with van der Waals surface area (Å²) in [5.41, 5.74) is 3.12. The molecule has 8 heteroatoms. The first kappa shape index (κ1) is 18.4. The van der Waals surface area contributed by atoms with Gasteiger partial charge in [-0.05, 0) is 42.2 Å². The van der Waals surface area contributed by atoms with Gasteiger partial charge in [0.25, 0.3) is 5.91 Å². The van der Waals surface area contributed by atoms with Crippen LogP contribution in [0.3, 0.4) is 0 Å². The first-order valence-electron chi connectivity index (χ1n) is 9.22. The first-order chi connectivity index (χ1) is 14.1. The van der Waals surface area contributed by atoms with E-state index in [-0.39, 0.29) is 11.7 Å². The molecule has 8 nitrogen and oxygen atoms in total. The molecule has 0 radical (unpaired) electrons. The van der Waals surface area contributed by atoms with Crippen molar-refractivity contribution in [1.29, 1.82) is 5.26 Å². The van der Waals surface area contributed by atoms with E-state index in [0.717, 1.165) is 11.1 Å². The van der Waals surface area contributed by atoms with E-state index in [9.17, 15) is 9.59 Å². The number of anilines is 1. The van der Waals surface area contributed by atoms with Gasteiger partial charge in [0.1, 0.15) is 11.9 Å². The number of hydrogen-bond donors (Lipinski definition) is 3. The molecule has 0 unspecified atom stereocenters. The van der Waals surface area contributed by atoms with Crippen molar-refractivity contribution in [2.75, 3.05) is 5.32 Å². The second-order valence-corrected chi connectivity index (χ2v) is 6.81. The topological polar surface area (TPSA) is 124 Å². The van der Waals surface area contributed by atoms with E-state index in [1.54, 1.807) is 18.2 Å². The lowest BCUT2D eigenvalue weighted by molar-refractivity contribution is -0.118. The molecule has 1 aromatic heterocycles. The number of aromatic amines is 1. The zero-order valence-electron chi connectivity index (χ0n) is 15.5. The fourth-order valence-corrected chi connectivity index (χ4v) is 3.27. The Morgan fingerprint density at radius 1 is 1.24 bits per heavy atom. The van der Waals surface area contributed by atoms with Gasteiger partial charge in [-0.2, -0.15) is 5.26 Å². The molecule has 144 valence electrons. The molecule has 1 aliphatic rings. The highest BCUT2D eigenvalue weighted by Crippen LogP contribution is 2.23. The van der Waals surface area contributed by atoms with Crippen molar-refractivity contribution in [2.45, 2.75) is 25.3 Å². The predicted octanol–water partition coefficient (Wildman–Crippen LogP) is 1.95. The van der Waals surface area contributed by atoms with Crippen LogP contribution < -0.4 is 10.6 Å². The molecule has 3 N–H and O–H groups in total. The van der Waals surface area contributed by atoms with Crippen LogP contribution in [-0.2, 0) is 17.6 Å². The molecule has 0 saturated heterocycles. The number of H-pyrrole nitrogens is 1. The minimum absolute atomic E-state index is 0.00254. The summed E-state index contributed by atoms with van der Waals surface area (Å²) in [5.74, 6) is -0.244. The molecule has 0 saturated carbocycles. The number of hydrogen-bond acceptors (Lipinski definition) is 5. The van der Waals surface area contributed by atoms with Crippen LogP contribution in [0.15, 0.2) is 48.5 Å². The molecular weight excluding hydrogens is 368 g/mol. The number of nitriles is 1. The lowest BCUT2D eigenvalue weighted by atomic mass is 10.0. The van der Waals surface area contributed by atoms with Crippen LogP contribution in [0.1, 0.15) is 39.6 Å². The summed E-state index contributed by atoms with van der Waals surface area (Å²) in [6, 6.07) is 16.2. The predicted molar refractivity (Wildman–Crippen MR) is 105 cm³/mol. The van der Waals surface area contributed by atoms with Gasteiger partial charge in [0.15, 0.2) is 0 Å². The van der Waals surface area contributed by atoms with Crippen LogP contribution >= 0.6 is 0 Å². The summed E-state index contributed by atoms with van der Waals surface area (Å²) in [6.07, 6.45) is 1.50. The van der Waals surface area contributed by atoms with Gasteiger partial charge in [0.2, 0.25) is 11.7 Å². The van der Waals surface area contributed by atoms with Crippen molar-refractivity contribution < 1.29 is 9.59 Å². The van der Waals surface area contributed by atoms with Gasteiger partial charge in [-0.25, -0.2) is 4.98 Å². The van der Waals surface area contributed by atoms with Crippen molar-refractivity contribution >= 4 is 17.5 Å². The Morgan fingerprint density at radius 3 is 2.86 bits per heavy atom. The van der Waals surface area contributed by atoms with E-state index in [2.05, 4.69) is 31.9 Å². The number of carbonyl (C=O) groups excluding carboxylic acids is 2. The SMILES string of the molecule is N#Cc1ccc2c(c1)CC[C@H](NC(=O)c1n[nH]c(Cc3ccccc3)n1)C(=O)N2. The molecular formula is C21H18N6O2. The van der Waals surface area contributed by atoms with Crippen molar-refractivity contribution in [3.05, 3.63) is 76.9 Å². The lowest BCUT2D eigenvalue weighted by Crippen LogP contribution is -2.43. The molecule has 1 atom stereocenters. The highest BCUT2D eigenvalue weighted by atomic mass is 16.2. The summed E-state index contributed by atoms with van der Waals surface area (Å²) in [6.45, 7) is 0. The molecule has 0 aliphatic carbocycles. The molecule has 1 aliphatic heterocycles. The number of fused-ring (bicyclic) bond motifs is 1. The van der Waals surface area contributed by atoms with Crippen molar-refractivity contribution in [2.24, 2.45) is 0 Å². The molecule has 0 fully saturated rings. The number of nitrogens with zero attached hydrogens (tertiary/aromatic N) is 3. The summed E-state index contributed by atoms with van der Waals surface area (Å²) in [5, 5.41) is 21.3. The summed E-state index contributed by atoms with van der Waals surface area (Å²) >= 11 is 0. The smallest absolute Gasteiger partial charge is 0.291 e. The number of benzene rings is 2.